The van der Waals surface area contributed by atoms with E-state index in [2.05, 4.69) is 0 Å². The summed E-state index contributed by atoms with van der Waals surface area (Å²) in [4.78, 5) is 13.1. The quantitative estimate of drug-likeness (QED) is 0.863. The van der Waals surface area contributed by atoms with E-state index in [1.54, 1.807) is 0 Å². The highest BCUT2D eigenvalue weighted by molar-refractivity contribution is 7.89. The Morgan fingerprint density at radius 3 is 2.63 bits per heavy atom. The molecule has 0 aromatic heterocycles. The average Bonchev–Trinajstić information content (AvgIpc) is 2.70. The minimum absolute atomic E-state index is 0.0249. The molecule has 1 unspecified atom stereocenters. The number of nitrogens with zero attached hydrogens (tertiary/aromatic N) is 2. The van der Waals surface area contributed by atoms with Crippen LogP contribution >= 0.6 is 11.6 Å². The fourth-order valence-corrected chi connectivity index (χ4v) is 2.90. The smallest absolute Gasteiger partial charge is 0.228 e. The second-order valence-corrected chi connectivity index (χ2v) is 6.51. The van der Waals surface area contributed by atoms with Crippen molar-refractivity contribution in [3.05, 3.63) is 28.8 Å². The van der Waals surface area contributed by atoms with Crippen LogP contribution in [0.4, 0.5) is 5.69 Å². The zero-order valence-electron chi connectivity index (χ0n) is 9.71. The van der Waals surface area contributed by atoms with Crippen molar-refractivity contribution in [2.24, 2.45) is 5.14 Å². The highest BCUT2D eigenvalue weighted by Gasteiger charge is 2.37. The molecule has 1 amide bonds. The lowest BCUT2D eigenvalue weighted by molar-refractivity contribution is -0.117. The Kier molecular flexibility index (Phi) is 3.49. The number of anilines is 1. The Morgan fingerprint density at radius 1 is 1.42 bits per heavy atom. The highest BCUT2D eigenvalue weighted by Crippen LogP contribution is 2.27. The zero-order valence-corrected chi connectivity index (χ0v) is 11.3. The summed E-state index contributed by atoms with van der Waals surface area (Å²) in [5.41, 5.74) is 0.703. The number of benzene rings is 1. The van der Waals surface area contributed by atoms with Crippen LogP contribution in [0.1, 0.15) is 12.0 Å². The third kappa shape index (κ3) is 2.87. The van der Waals surface area contributed by atoms with Gasteiger partial charge in [-0.05, 0) is 18.2 Å². The van der Waals surface area contributed by atoms with Crippen LogP contribution in [0.25, 0.3) is 0 Å². The number of nitrogens with two attached hydrogens (primary N) is 1. The lowest BCUT2D eigenvalue weighted by atomic mass is 10.2. The molecule has 1 aliphatic heterocycles. The maximum Gasteiger partial charge on any atom is 0.228 e. The molecule has 6 nitrogen and oxygen atoms in total. The monoisotopic (exact) mass is 299 g/mol. The normalized spacial score (nSPS) is 19.5. The van der Waals surface area contributed by atoms with E-state index in [0.717, 1.165) is 0 Å². The number of primary sulfonamides is 1. The number of sulfonamides is 1. The van der Waals surface area contributed by atoms with Gasteiger partial charge in [-0.3, -0.25) is 4.79 Å². The Morgan fingerprint density at radius 2 is 2.11 bits per heavy atom. The molecule has 1 saturated heterocycles. The fraction of sp³-hybridized carbons (Fsp3) is 0.273. The van der Waals surface area contributed by atoms with E-state index < -0.39 is 15.3 Å². The van der Waals surface area contributed by atoms with Crippen molar-refractivity contribution >= 4 is 33.2 Å². The largest absolute Gasteiger partial charge is 0.311 e. The molecule has 0 saturated carbocycles. The molecule has 0 spiro atoms. The number of carbonyl (C=O) groups excluding carboxylic acids is 1. The van der Waals surface area contributed by atoms with Gasteiger partial charge >= 0.3 is 0 Å². The number of hydrogen-bond donors (Lipinski definition) is 1. The maximum atomic E-state index is 11.8. The van der Waals surface area contributed by atoms with E-state index in [-0.39, 0.29) is 18.9 Å². The summed E-state index contributed by atoms with van der Waals surface area (Å²) in [6, 6.07) is 6.37. The van der Waals surface area contributed by atoms with E-state index in [0.29, 0.717) is 16.3 Å². The Bertz CT molecular complexity index is 681. The molecule has 2 rings (SSSR count). The second kappa shape index (κ2) is 4.81. The molecule has 1 fully saturated rings. The topological polar surface area (TPSA) is 104 Å². The van der Waals surface area contributed by atoms with Crippen molar-refractivity contribution in [2.75, 3.05) is 11.4 Å². The number of rotatable bonds is 2. The van der Waals surface area contributed by atoms with Crippen molar-refractivity contribution in [2.45, 2.75) is 11.7 Å². The van der Waals surface area contributed by atoms with Crippen LogP contribution in [0.5, 0.6) is 0 Å². The lowest BCUT2D eigenvalue weighted by Gasteiger charge is -2.16. The van der Waals surface area contributed by atoms with Crippen LogP contribution in [-0.4, -0.2) is 26.1 Å². The first-order chi connectivity index (χ1) is 8.81. The van der Waals surface area contributed by atoms with Gasteiger partial charge in [0.1, 0.15) is 5.25 Å². The van der Waals surface area contributed by atoms with E-state index in [9.17, 15) is 13.2 Å². The fourth-order valence-electron chi connectivity index (χ4n) is 1.94. The molecule has 0 bridgehead atoms. The first-order valence-corrected chi connectivity index (χ1v) is 7.32. The van der Waals surface area contributed by atoms with Gasteiger partial charge in [0, 0.05) is 23.7 Å². The summed E-state index contributed by atoms with van der Waals surface area (Å²) in [5.74, 6) is -0.356. The van der Waals surface area contributed by atoms with Crippen LogP contribution < -0.4 is 10.0 Å². The molecule has 1 atom stereocenters. The van der Waals surface area contributed by atoms with Gasteiger partial charge in [0.2, 0.25) is 15.9 Å². The number of hydrogen-bond acceptors (Lipinski definition) is 4. The Labute approximate surface area is 115 Å². The van der Waals surface area contributed by atoms with Gasteiger partial charge in [-0.25, -0.2) is 13.6 Å². The highest BCUT2D eigenvalue weighted by atomic mass is 35.5. The van der Waals surface area contributed by atoms with Crippen LogP contribution in [-0.2, 0) is 14.8 Å². The molecule has 100 valence electrons. The number of carbonyl (C=O) groups is 1. The van der Waals surface area contributed by atoms with Crippen LogP contribution in [0.2, 0.25) is 5.02 Å². The first kappa shape index (κ1) is 13.8. The van der Waals surface area contributed by atoms with Gasteiger partial charge in [0.25, 0.3) is 0 Å². The molecule has 19 heavy (non-hydrogen) atoms. The zero-order chi connectivity index (χ0) is 14.2. The van der Waals surface area contributed by atoms with Gasteiger partial charge in [0.05, 0.1) is 11.6 Å². The van der Waals surface area contributed by atoms with Gasteiger partial charge in [0.15, 0.2) is 0 Å². The van der Waals surface area contributed by atoms with Crippen molar-refractivity contribution in [1.82, 2.24) is 0 Å². The predicted octanol–water partition coefficient (Wildman–Crippen LogP) is 0.605. The lowest BCUT2D eigenvalue weighted by Crippen LogP contribution is -2.32. The van der Waals surface area contributed by atoms with E-state index in [4.69, 9.17) is 22.0 Å². The van der Waals surface area contributed by atoms with E-state index in [1.165, 1.54) is 23.1 Å². The number of amides is 1. The molecule has 1 aliphatic rings. The first-order valence-electron chi connectivity index (χ1n) is 5.34. The number of halogens is 1. The van der Waals surface area contributed by atoms with Crippen LogP contribution in [0.3, 0.4) is 0 Å². The third-order valence-corrected chi connectivity index (χ3v) is 4.34. The molecule has 1 aromatic carbocycles. The molecule has 0 radical (unpaired) electrons. The summed E-state index contributed by atoms with van der Waals surface area (Å²) >= 11 is 5.85. The molecular formula is C11H10ClN3O3S. The molecule has 2 N–H and O–H groups in total. The Balaban J connectivity index is 2.36. The third-order valence-electron chi connectivity index (χ3n) is 2.88. The van der Waals surface area contributed by atoms with Crippen LogP contribution in [0.15, 0.2) is 18.2 Å². The van der Waals surface area contributed by atoms with Gasteiger partial charge in [-0.2, -0.15) is 5.26 Å². The molecule has 1 aromatic rings. The van der Waals surface area contributed by atoms with Gasteiger partial charge in [-0.15, -0.1) is 0 Å². The maximum absolute atomic E-state index is 11.8. The molecule has 8 heteroatoms. The van der Waals surface area contributed by atoms with Crippen LogP contribution in [0, 0.1) is 11.3 Å². The number of nitriles is 1. The standard InChI is InChI=1S/C11H10ClN3O3S/c12-8-1-7(5-13)2-9(3-8)15-6-10(4-11(15)16)19(14,17)18/h1-3,10H,4,6H2,(H2,14,17,18). The van der Waals surface area contributed by atoms with Crippen molar-refractivity contribution in [1.29, 1.82) is 5.26 Å². The minimum atomic E-state index is -3.76. The van der Waals surface area contributed by atoms with Crippen molar-refractivity contribution in [3.8, 4) is 6.07 Å². The van der Waals surface area contributed by atoms with Gasteiger partial charge in [-0.1, -0.05) is 11.6 Å². The second-order valence-electron chi connectivity index (χ2n) is 4.23. The van der Waals surface area contributed by atoms with Crippen molar-refractivity contribution in [3.63, 3.8) is 0 Å². The molecule has 1 heterocycles. The van der Waals surface area contributed by atoms with Crippen molar-refractivity contribution < 1.29 is 13.2 Å². The minimum Gasteiger partial charge on any atom is -0.311 e. The average molecular weight is 300 g/mol. The SMILES string of the molecule is N#Cc1cc(Cl)cc(N2CC(S(N)(=O)=O)CC2=O)c1. The van der Waals surface area contributed by atoms with E-state index in [1.807, 2.05) is 6.07 Å². The summed E-state index contributed by atoms with van der Waals surface area (Å²) in [7, 11) is -3.76. The van der Waals surface area contributed by atoms with E-state index >= 15 is 0 Å². The predicted molar refractivity (Wildman–Crippen MR) is 70.0 cm³/mol. The summed E-state index contributed by atoms with van der Waals surface area (Å²) in [5, 5.41) is 13.3. The summed E-state index contributed by atoms with van der Waals surface area (Å²) < 4.78 is 22.5. The van der Waals surface area contributed by atoms with Gasteiger partial charge < -0.3 is 4.90 Å². The Hall–Kier alpha value is -1.62. The summed E-state index contributed by atoms with van der Waals surface area (Å²) in [6.45, 7) is -0.0249. The molecule has 0 aliphatic carbocycles. The molecular weight excluding hydrogens is 290 g/mol. The summed E-state index contributed by atoms with van der Waals surface area (Å²) in [6.07, 6.45) is -0.159.